The quantitative estimate of drug-likeness (QED) is 0.750. The van der Waals surface area contributed by atoms with Gasteiger partial charge in [-0.05, 0) is 12.1 Å². The van der Waals surface area contributed by atoms with Gasteiger partial charge in [0.05, 0.1) is 11.3 Å². The van der Waals surface area contributed by atoms with E-state index < -0.39 is 11.8 Å². The normalized spacial score (nSPS) is 10.2. The van der Waals surface area contributed by atoms with Crippen molar-refractivity contribution in [3.05, 3.63) is 41.5 Å². The van der Waals surface area contributed by atoms with Crippen LogP contribution in [0.2, 0.25) is 0 Å². The summed E-state index contributed by atoms with van der Waals surface area (Å²) >= 11 is 0. The molecule has 1 heterocycles. The number of primary amides is 1. The molecule has 1 aromatic heterocycles. The van der Waals surface area contributed by atoms with Gasteiger partial charge in [-0.25, -0.2) is 4.98 Å². The zero-order chi connectivity index (χ0) is 13.8. The molecule has 0 spiro atoms. The fraction of sp³-hybridized carbons (Fsp3) is 0.167. The van der Waals surface area contributed by atoms with E-state index in [4.69, 9.17) is 5.73 Å². The molecule has 2 aromatic rings. The Bertz CT molecular complexity index is 620. The molecule has 4 N–H and O–H groups in total. The van der Waals surface area contributed by atoms with Crippen molar-refractivity contribution in [2.75, 3.05) is 5.32 Å². The molecule has 19 heavy (non-hydrogen) atoms. The molecule has 0 aliphatic rings. The Kier molecular flexibility index (Phi) is 3.56. The monoisotopic (exact) mass is 259 g/mol. The number of aromatic nitrogens is 3. The summed E-state index contributed by atoms with van der Waals surface area (Å²) in [5.74, 6) is -0.464. The van der Waals surface area contributed by atoms with Gasteiger partial charge in [-0.2, -0.15) is 0 Å². The van der Waals surface area contributed by atoms with E-state index in [0.717, 1.165) is 0 Å². The third-order valence-electron chi connectivity index (χ3n) is 2.51. The zero-order valence-corrected chi connectivity index (χ0v) is 10.3. The van der Waals surface area contributed by atoms with Crippen LogP contribution < -0.4 is 11.1 Å². The molecular weight excluding hydrogens is 246 g/mol. The molecule has 2 rings (SSSR count). The van der Waals surface area contributed by atoms with Crippen molar-refractivity contribution >= 4 is 17.5 Å². The molecule has 7 heteroatoms. The Morgan fingerprint density at radius 3 is 2.74 bits per heavy atom. The molecule has 0 unspecified atom stereocenters. The molecule has 0 bridgehead atoms. The molecule has 0 atom stereocenters. The first-order chi connectivity index (χ1) is 9.11. The van der Waals surface area contributed by atoms with E-state index >= 15 is 0 Å². The van der Waals surface area contributed by atoms with Crippen LogP contribution in [0.5, 0.6) is 0 Å². The van der Waals surface area contributed by atoms with Crippen molar-refractivity contribution in [3.63, 3.8) is 0 Å². The minimum atomic E-state index is -0.611. The topological polar surface area (TPSA) is 114 Å². The molecule has 2 amide bonds. The number of hydrogen-bond donors (Lipinski definition) is 3. The van der Waals surface area contributed by atoms with Gasteiger partial charge >= 0.3 is 0 Å². The van der Waals surface area contributed by atoms with Gasteiger partial charge in [0, 0.05) is 6.42 Å². The van der Waals surface area contributed by atoms with E-state index in [1.807, 2.05) is 6.92 Å². The highest BCUT2D eigenvalue weighted by atomic mass is 16.2. The van der Waals surface area contributed by atoms with Crippen molar-refractivity contribution in [2.24, 2.45) is 5.73 Å². The van der Waals surface area contributed by atoms with Crippen molar-refractivity contribution in [1.29, 1.82) is 0 Å². The van der Waals surface area contributed by atoms with E-state index in [-0.39, 0.29) is 11.4 Å². The number of carbonyl (C=O) groups is 2. The number of carbonyl (C=O) groups excluding carboxylic acids is 2. The van der Waals surface area contributed by atoms with Crippen molar-refractivity contribution < 1.29 is 9.59 Å². The van der Waals surface area contributed by atoms with Crippen LogP contribution in [0.25, 0.3) is 0 Å². The predicted octanol–water partition coefficient (Wildman–Crippen LogP) is 0.718. The SMILES string of the molecule is CCc1nc(C(=O)Nc2ccccc2C(N)=O)n[nH]1. The second kappa shape index (κ2) is 5.30. The number of nitrogens with two attached hydrogens (primary N) is 1. The van der Waals surface area contributed by atoms with E-state index in [0.29, 0.717) is 17.9 Å². The first-order valence-electron chi connectivity index (χ1n) is 5.73. The average Bonchev–Trinajstić information content (AvgIpc) is 2.88. The number of nitrogens with zero attached hydrogens (tertiary/aromatic N) is 2. The highest BCUT2D eigenvalue weighted by Gasteiger charge is 2.15. The summed E-state index contributed by atoms with van der Waals surface area (Å²) in [6.07, 6.45) is 0.651. The Balaban J connectivity index is 2.21. The highest BCUT2D eigenvalue weighted by molar-refractivity contribution is 6.07. The number of rotatable bonds is 4. The minimum absolute atomic E-state index is 0.0242. The summed E-state index contributed by atoms with van der Waals surface area (Å²) in [6.45, 7) is 1.89. The summed E-state index contributed by atoms with van der Waals surface area (Å²) in [5.41, 5.74) is 5.80. The van der Waals surface area contributed by atoms with Crippen molar-refractivity contribution in [3.8, 4) is 0 Å². The molecule has 98 valence electrons. The lowest BCUT2D eigenvalue weighted by molar-refractivity contribution is 0.100. The van der Waals surface area contributed by atoms with Crippen LogP contribution in [0.3, 0.4) is 0 Å². The molecule has 0 radical (unpaired) electrons. The molecular formula is C12H13N5O2. The van der Waals surface area contributed by atoms with Gasteiger partial charge in [0.1, 0.15) is 5.82 Å². The molecule has 0 saturated carbocycles. The molecule has 0 aliphatic heterocycles. The van der Waals surface area contributed by atoms with E-state index in [1.165, 1.54) is 6.07 Å². The molecule has 0 fully saturated rings. The number of hydrogen-bond acceptors (Lipinski definition) is 4. The lowest BCUT2D eigenvalue weighted by atomic mass is 10.1. The average molecular weight is 259 g/mol. The van der Waals surface area contributed by atoms with Gasteiger partial charge in [-0.15, -0.1) is 5.10 Å². The third-order valence-corrected chi connectivity index (χ3v) is 2.51. The fourth-order valence-corrected chi connectivity index (χ4v) is 1.54. The number of nitrogens with one attached hydrogen (secondary N) is 2. The van der Waals surface area contributed by atoms with Gasteiger partial charge < -0.3 is 11.1 Å². The van der Waals surface area contributed by atoms with Crippen LogP contribution in [0.4, 0.5) is 5.69 Å². The lowest BCUT2D eigenvalue weighted by Crippen LogP contribution is -2.19. The van der Waals surface area contributed by atoms with E-state index in [9.17, 15) is 9.59 Å². The maximum Gasteiger partial charge on any atom is 0.295 e. The number of aryl methyl sites for hydroxylation is 1. The molecule has 0 aliphatic carbocycles. The predicted molar refractivity (Wildman–Crippen MR) is 68.7 cm³/mol. The number of benzene rings is 1. The maximum atomic E-state index is 11.9. The zero-order valence-electron chi connectivity index (χ0n) is 10.3. The van der Waals surface area contributed by atoms with Gasteiger partial charge in [-0.3, -0.25) is 14.7 Å². The van der Waals surface area contributed by atoms with Crippen molar-refractivity contribution in [2.45, 2.75) is 13.3 Å². The maximum absolute atomic E-state index is 11.9. The third kappa shape index (κ3) is 2.76. The minimum Gasteiger partial charge on any atom is -0.366 e. The molecule has 7 nitrogen and oxygen atoms in total. The Labute approximate surface area is 109 Å². The number of anilines is 1. The first kappa shape index (κ1) is 12.7. The van der Waals surface area contributed by atoms with Crippen LogP contribution in [0.15, 0.2) is 24.3 Å². The summed E-state index contributed by atoms with van der Waals surface area (Å²) < 4.78 is 0. The summed E-state index contributed by atoms with van der Waals surface area (Å²) in [6, 6.07) is 6.48. The van der Waals surface area contributed by atoms with Gasteiger partial charge in [0.2, 0.25) is 5.82 Å². The van der Waals surface area contributed by atoms with Crippen LogP contribution in [-0.2, 0) is 6.42 Å². The summed E-state index contributed by atoms with van der Waals surface area (Å²) in [5, 5.41) is 9.00. The Hall–Kier alpha value is -2.70. The number of aromatic amines is 1. The smallest absolute Gasteiger partial charge is 0.295 e. The standard InChI is InChI=1S/C12H13N5O2/c1-2-9-15-11(17-16-9)12(19)14-8-6-4-3-5-7(8)10(13)18/h3-6H,2H2,1H3,(H2,13,18)(H,14,19)(H,15,16,17). The highest BCUT2D eigenvalue weighted by Crippen LogP contribution is 2.14. The van der Waals surface area contributed by atoms with Crippen LogP contribution in [0, 0.1) is 0 Å². The Morgan fingerprint density at radius 2 is 2.11 bits per heavy atom. The number of H-pyrrole nitrogens is 1. The van der Waals surface area contributed by atoms with Gasteiger partial charge in [0.15, 0.2) is 0 Å². The largest absolute Gasteiger partial charge is 0.366 e. The fourth-order valence-electron chi connectivity index (χ4n) is 1.54. The van der Waals surface area contributed by atoms with Crippen LogP contribution in [0.1, 0.15) is 33.7 Å². The number of amides is 2. The first-order valence-corrected chi connectivity index (χ1v) is 5.73. The van der Waals surface area contributed by atoms with Crippen LogP contribution in [-0.4, -0.2) is 27.0 Å². The second-order valence-corrected chi connectivity index (χ2v) is 3.82. The molecule has 1 aromatic carbocycles. The van der Waals surface area contributed by atoms with Crippen molar-refractivity contribution in [1.82, 2.24) is 15.2 Å². The van der Waals surface area contributed by atoms with E-state index in [1.54, 1.807) is 18.2 Å². The van der Waals surface area contributed by atoms with E-state index in [2.05, 4.69) is 20.5 Å². The summed E-state index contributed by atoms with van der Waals surface area (Å²) in [4.78, 5) is 27.1. The van der Waals surface area contributed by atoms with Crippen LogP contribution >= 0.6 is 0 Å². The number of para-hydroxylation sites is 1. The second-order valence-electron chi connectivity index (χ2n) is 3.82. The van der Waals surface area contributed by atoms with Gasteiger partial charge in [0.25, 0.3) is 11.8 Å². The Morgan fingerprint density at radius 1 is 1.37 bits per heavy atom. The van der Waals surface area contributed by atoms with Gasteiger partial charge in [-0.1, -0.05) is 19.1 Å². The molecule has 0 saturated heterocycles. The lowest BCUT2D eigenvalue weighted by Gasteiger charge is -2.06. The summed E-state index contributed by atoms with van der Waals surface area (Å²) in [7, 11) is 0.